The molecule has 0 aromatic heterocycles. The van der Waals surface area contributed by atoms with Crippen LogP contribution in [0.4, 0.5) is 5.69 Å². The first-order valence-electron chi connectivity index (χ1n) is 7.84. The summed E-state index contributed by atoms with van der Waals surface area (Å²) in [6, 6.07) is 6.01. The molecular weight excluding hydrogens is 286 g/mol. The van der Waals surface area contributed by atoms with Gasteiger partial charge in [-0.3, -0.25) is 0 Å². The molecule has 1 aromatic rings. The second-order valence-corrected chi connectivity index (χ2v) is 5.69. The van der Waals surface area contributed by atoms with Crippen LogP contribution < -0.4 is 15.0 Å². The van der Waals surface area contributed by atoms with E-state index in [2.05, 4.69) is 35.0 Å². The van der Waals surface area contributed by atoms with Crippen molar-refractivity contribution in [1.29, 1.82) is 0 Å². The molecule has 0 aliphatic carbocycles. The van der Waals surface area contributed by atoms with Gasteiger partial charge in [0.25, 0.3) is 0 Å². The lowest BCUT2D eigenvalue weighted by molar-refractivity contribution is 0.223. The van der Waals surface area contributed by atoms with E-state index >= 15 is 0 Å². The molecule has 4 nitrogen and oxygen atoms in total. The number of hydrogen-bond donors (Lipinski definition) is 1. The molecule has 0 spiro atoms. The van der Waals surface area contributed by atoms with E-state index in [1.165, 1.54) is 0 Å². The Kier molecular flexibility index (Phi) is 6.61. The van der Waals surface area contributed by atoms with Gasteiger partial charge in [0, 0.05) is 49.5 Å². The molecule has 0 radical (unpaired) electrons. The van der Waals surface area contributed by atoms with E-state index in [1.807, 2.05) is 12.1 Å². The predicted octanol–water partition coefficient (Wildman–Crippen LogP) is 2.47. The average molecular weight is 312 g/mol. The Morgan fingerprint density at radius 2 is 1.90 bits per heavy atom. The summed E-state index contributed by atoms with van der Waals surface area (Å²) in [7, 11) is 0. The third-order valence-electron chi connectivity index (χ3n) is 3.91. The van der Waals surface area contributed by atoms with Crippen molar-refractivity contribution in [3.8, 4) is 5.75 Å². The molecule has 0 bridgehead atoms. The smallest absolute Gasteiger partial charge is 0.122 e. The van der Waals surface area contributed by atoms with Crippen LogP contribution in [0.2, 0.25) is 5.02 Å². The largest absolute Gasteiger partial charge is 0.492 e. The molecule has 1 saturated heterocycles. The number of benzene rings is 1. The van der Waals surface area contributed by atoms with Crippen molar-refractivity contribution in [2.75, 3.05) is 57.3 Å². The maximum Gasteiger partial charge on any atom is 0.122 e. The standard InChI is InChI=1S/C16H26ClN3O/c1-3-19(4-2)9-10-21-16-12-14(17)11-15(13-16)20-7-5-18-6-8-20/h11-13,18H,3-10H2,1-2H3. The van der Waals surface area contributed by atoms with Crippen LogP contribution in [0.3, 0.4) is 0 Å². The van der Waals surface area contributed by atoms with Crippen molar-refractivity contribution in [2.45, 2.75) is 13.8 Å². The van der Waals surface area contributed by atoms with Gasteiger partial charge in [-0.25, -0.2) is 0 Å². The topological polar surface area (TPSA) is 27.7 Å². The molecule has 0 atom stereocenters. The average Bonchev–Trinajstić information content (AvgIpc) is 2.52. The maximum absolute atomic E-state index is 6.23. The first kappa shape index (κ1) is 16.4. The second-order valence-electron chi connectivity index (χ2n) is 5.26. The molecule has 0 saturated carbocycles. The number of anilines is 1. The van der Waals surface area contributed by atoms with Crippen LogP contribution in [0, 0.1) is 0 Å². The van der Waals surface area contributed by atoms with Crippen LogP contribution in [-0.2, 0) is 0 Å². The molecule has 1 aromatic carbocycles. The molecule has 118 valence electrons. The summed E-state index contributed by atoms with van der Waals surface area (Å²) in [5.74, 6) is 0.864. The minimum absolute atomic E-state index is 0.697. The first-order chi connectivity index (χ1) is 10.2. The lowest BCUT2D eigenvalue weighted by Gasteiger charge is -2.30. The van der Waals surface area contributed by atoms with Crippen LogP contribution in [0.15, 0.2) is 18.2 Å². The van der Waals surface area contributed by atoms with E-state index in [-0.39, 0.29) is 0 Å². The van der Waals surface area contributed by atoms with Crippen molar-refractivity contribution >= 4 is 17.3 Å². The Morgan fingerprint density at radius 1 is 1.19 bits per heavy atom. The fraction of sp³-hybridized carbons (Fsp3) is 0.625. The fourth-order valence-electron chi connectivity index (χ4n) is 2.57. The van der Waals surface area contributed by atoms with Gasteiger partial charge in [-0.15, -0.1) is 0 Å². The van der Waals surface area contributed by atoms with Crippen molar-refractivity contribution in [2.24, 2.45) is 0 Å². The Morgan fingerprint density at radius 3 is 2.57 bits per heavy atom. The molecule has 1 aliphatic rings. The molecule has 0 unspecified atom stereocenters. The molecule has 1 aliphatic heterocycles. The minimum atomic E-state index is 0.697. The van der Waals surface area contributed by atoms with Crippen LogP contribution in [0.5, 0.6) is 5.75 Å². The van der Waals surface area contributed by atoms with Crippen LogP contribution >= 0.6 is 11.6 Å². The molecule has 1 N–H and O–H groups in total. The van der Waals surface area contributed by atoms with E-state index in [4.69, 9.17) is 16.3 Å². The van der Waals surface area contributed by atoms with E-state index in [9.17, 15) is 0 Å². The van der Waals surface area contributed by atoms with Gasteiger partial charge >= 0.3 is 0 Å². The number of hydrogen-bond acceptors (Lipinski definition) is 4. The summed E-state index contributed by atoms with van der Waals surface area (Å²) >= 11 is 6.23. The highest BCUT2D eigenvalue weighted by molar-refractivity contribution is 6.31. The number of nitrogens with one attached hydrogen (secondary N) is 1. The highest BCUT2D eigenvalue weighted by Crippen LogP contribution is 2.27. The third-order valence-corrected chi connectivity index (χ3v) is 4.13. The number of halogens is 1. The summed E-state index contributed by atoms with van der Waals surface area (Å²) < 4.78 is 5.88. The van der Waals surface area contributed by atoms with Gasteiger partial charge in [0.15, 0.2) is 0 Å². The SMILES string of the molecule is CCN(CC)CCOc1cc(Cl)cc(N2CCNCC2)c1. The normalized spacial score (nSPS) is 15.5. The molecule has 5 heteroatoms. The van der Waals surface area contributed by atoms with Crippen LogP contribution in [-0.4, -0.2) is 57.3 Å². The zero-order valence-electron chi connectivity index (χ0n) is 13.1. The van der Waals surface area contributed by atoms with Crippen LogP contribution in [0.1, 0.15) is 13.8 Å². The fourth-order valence-corrected chi connectivity index (χ4v) is 2.79. The number of rotatable bonds is 7. The Labute approximate surface area is 133 Å². The maximum atomic E-state index is 6.23. The van der Waals surface area contributed by atoms with E-state index < -0.39 is 0 Å². The summed E-state index contributed by atoms with van der Waals surface area (Å²) in [6.45, 7) is 12.2. The van der Waals surface area contributed by atoms with Crippen LogP contribution in [0.25, 0.3) is 0 Å². The van der Waals surface area contributed by atoms with Gasteiger partial charge in [0.2, 0.25) is 0 Å². The van der Waals surface area contributed by atoms with Gasteiger partial charge in [0.05, 0.1) is 0 Å². The van der Waals surface area contributed by atoms with Gasteiger partial charge in [-0.05, 0) is 25.2 Å². The molecule has 0 amide bonds. The molecule has 1 heterocycles. The van der Waals surface area contributed by atoms with Gasteiger partial charge in [0.1, 0.15) is 12.4 Å². The predicted molar refractivity (Wildman–Crippen MR) is 89.8 cm³/mol. The van der Waals surface area contributed by atoms with Crippen molar-refractivity contribution in [3.63, 3.8) is 0 Å². The molecule has 2 rings (SSSR count). The summed E-state index contributed by atoms with van der Waals surface area (Å²) in [4.78, 5) is 4.70. The lowest BCUT2D eigenvalue weighted by atomic mass is 10.2. The van der Waals surface area contributed by atoms with E-state index in [1.54, 1.807) is 0 Å². The number of piperazine rings is 1. The highest BCUT2D eigenvalue weighted by Gasteiger charge is 2.12. The zero-order chi connectivity index (χ0) is 15.1. The quantitative estimate of drug-likeness (QED) is 0.837. The van der Waals surface area contributed by atoms with Crippen molar-refractivity contribution < 1.29 is 4.74 Å². The second kappa shape index (κ2) is 8.47. The number of ether oxygens (including phenoxy) is 1. The zero-order valence-corrected chi connectivity index (χ0v) is 13.8. The monoisotopic (exact) mass is 311 g/mol. The molecule has 1 fully saturated rings. The van der Waals surface area contributed by atoms with Gasteiger partial charge in [-0.2, -0.15) is 0 Å². The van der Waals surface area contributed by atoms with Gasteiger partial charge in [-0.1, -0.05) is 25.4 Å². The van der Waals surface area contributed by atoms with E-state index in [0.29, 0.717) is 6.61 Å². The van der Waals surface area contributed by atoms with Crippen molar-refractivity contribution in [1.82, 2.24) is 10.2 Å². The molecular formula is C16H26ClN3O. The molecule has 21 heavy (non-hydrogen) atoms. The Hall–Kier alpha value is -0.970. The van der Waals surface area contributed by atoms with Gasteiger partial charge < -0.3 is 19.9 Å². The Balaban J connectivity index is 1.94. The lowest BCUT2D eigenvalue weighted by Crippen LogP contribution is -2.43. The summed E-state index contributed by atoms with van der Waals surface area (Å²) in [6.07, 6.45) is 0. The highest BCUT2D eigenvalue weighted by atomic mass is 35.5. The van der Waals surface area contributed by atoms with Crippen molar-refractivity contribution in [3.05, 3.63) is 23.2 Å². The summed E-state index contributed by atoms with van der Waals surface area (Å²) in [5.41, 5.74) is 1.15. The number of likely N-dealkylation sites (N-methyl/N-ethyl adjacent to an activating group) is 1. The summed E-state index contributed by atoms with van der Waals surface area (Å²) in [5, 5.41) is 4.10. The Bertz CT molecular complexity index is 432. The van der Waals surface area contributed by atoms with E-state index in [0.717, 1.165) is 62.3 Å². The minimum Gasteiger partial charge on any atom is -0.492 e. The first-order valence-corrected chi connectivity index (χ1v) is 8.22. The number of nitrogens with zero attached hydrogens (tertiary/aromatic N) is 2. The third kappa shape index (κ3) is 5.06.